The second-order valence-corrected chi connectivity index (χ2v) is 6.84. The Morgan fingerprint density at radius 3 is 2.70 bits per heavy atom. The van der Waals surface area contributed by atoms with Gasteiger partial charge in [-0.25, -0.2) is 0 Å². The van der Waals surface area contributed by atoms with Crippen LogP contribution in [0, 0.1) is 11.8 Å². The number of hydrogen-bond donors (Lipinski definition) is 2. The molecule has 0 spiro atoms. The third-order valence-electron chi connectivity index (χ3n) is 5.30. The molecule has 0 unspecified atom stereocenters. The van der Waals surface area contributed by atoms with Gasteiger partial charge in [0.2, 0.25) is 5.91 Å². The van der Waals surface area contributed by atoms with Crippen LogP contribution in [0.5, 0.6) is 5.75 Å². The molecule has 1 saturated carbocycles. The number of amides is 2. The molecule has 7 nitrogen and oxygen atoms in total. The lowest BCUT2D eigenvalue weighted by Gasteiger charge is -2.27. The highest BCUT2D eigenvalue weighted by Crippen LogP contribution is 2.33. The average molecular weight is 398 g/mol. The summed E-state index contributed by atoms with van der Waals surface area (Å²) in [6.45, 7) is 2.77. The predicted molar refractivity (Wildman–Crippen MR) is 105 cm³/mol. The maximum atomic E-state index is 12.7. The first kappa shape index (κ1) is 21.5. The van der Waals surface area contributed by atoms with Crippen LogP contribution in [0.4, 0.5) is 5.69 Å². The van der Waals surface area contributed by atoms with E-state index in [0.29, 0.717) is 49.8 Å². The third-order valence-corrected chi connectivity index (χ3v) is 5.30. The Hall–Kier alpha value is -1.83. The maximum Gasteiger partial charge on any atom is 0.254 e. The van der Waals surface area contributed by atoms with Crippen LogP contribution >= 0.6 is 12.4 Å². The Labute approximate surface area is 166 Å². The standard InChI is InChI=1S/C19H27N3O4.ClH/c1-25-17-6-5-13(19(24)22-7-9-26-10-8-22)11-16(17)21-18(23)15-4-2-3-14(15)12-20;/h5-6,11,14-15H,2-4,7-10,12,20H2,1H3,(H,21,23);1H/t14-,15-;/m1./s1. The summed E-state index contributed by atoms with van der Waals surface area (Å²) in [5.41, 5.74) is 6.85. The number of nitrogens with two attached hydrogens (primary N) is 1. The number of nitrogens with one attached hydrogen (secondary N) is 1. The van der Waals surface area contributed by atoms with E-state index in [1.54, 1.807) is 30.2 Å². The number of anilines is 1. The van der Waals surface area contributed by atoms with Crippen molar-refractivity contribution >= 4 is 29.9 Å². The summed E-state index contributed by atoms with van der Waals surface area (Å²) >= 11 is 0. The van der Waals surface area contributed by atoms with Gasteiger partial charge >= 0.3 is 0 Å². The van der Waals surface area contributed by atoms with Crippen molar-refractivity contribution in [1.29, 1.82) is 0 Å². The molecule has 1 aromatic carbocycles. The Morgan fingerprint density at radius 1 is 1.30 bits per heavy atom. The van der Waals surface area contributed by atoms with Gasteiger partial charge in [0.05, 0.1) is 26.0 Å². The van der Waals surface area contributed by atoms with Crippen LogP contribution in [0.3, 0.4) is 0 Å². The van der Waals surface area contributed by atoms with Gasteiger partial charge in [0.15, 0.2) is 0 Å². The number of halogens is 1. The fourth-order valence-corrected chi connectivity index (χ4v) is 3.78. The third kappa shape index (κ3) is 4.91. The molecule has 2 fully saturated rings. The number of carbonyl (C=O) groups is 2. The average Bonchev–Trinajstić information content (AvgIpc) is 3.17. The maximum absolute atomic E-state index is 12.7. The van der Waals surface area contributed by atoms with Gasteiger partial charge in [-0.2, -0.15) is 0 Å². The van der Waals surface area contributed by atoms with Gasteiger partial charge in [0.25, 0.3) is 5.91 Å². The van der Waals surface area contributed by atoms with Crippen LogP contribution in [0.2, 0.25) is 0 Å². The minimum atomic E-state index is -0.0803. The first-order chi connectivity index (χ1) is 12.6. The summed E-state index contributed by atoms with van der Waals surface area (Å²) in [6, 6.07) is 5.14. The number of hydrogen-bond acceptors (Lipinski definition) is 5. The Kier molecular flexibility index (Phi) is 7.89. The van der Waals surface area contributed by atoms with Crippen LogP contribution in [0.15, 0.2) is 18.2 Å². The van der Waals surface area contributed by atoms with E-state index in [-0.39, 0.29) is 36.1 Å². The van der Waals surface area contributed by atoms with Crippen molar-refractivity contribution < 1.29 is 19.1 Å². The first-order valence-corrected chi connectivity index (χ1v) is 9.20. The fraction of sp³-hybridized carbons (Fsp3) is 0.579. The highest BCUT2D eigenvalue weighted by molar-refractivity contribution is 5.99. The zero-order valence-electron chi connectivity index (χ0n) is 15.6. The largest absolute Gasteiger partial charge is 0.495 e. The van der Waals surface area contributed by atoms with Crippen molar-refractivity contribution in [1.82, 2.24) is 4.90 Å². The molecule has 2 amide bonds. The molecule has 1 aliphatic carbocycles. The molecular weight excluding hydrogens is 370 g/mol. The second kappa shape index (κ2) is 9.92. The molecule has 0 bridgehead atoms. The van der Waals surface area contributed by atoms with Crippen LogP contribution in [0.1, 0.15) is 29.6 Å². The Morgan fingerprint density at radius 2 is 2.04 bits per heavy atom. The van der Waals surface area contributed by atoms with Gasteiger partial charge in [-0.3, -0.25) is 9.59 Å². The van der Waals surface area contributed by atoms with E-state index < -0.39 is 0 Å². The number of methoxy groups -OCH3 is 1. The van der Waals surface area contributed by atoms with Crippen molar-refractivity contribution in [2.24, 2.45) is 17.6 Å². The van der Waals surface area contributed by atoms with E-state index in [9.17, 15) is 9.59 Å². The molecule has 1 heterocycles. The quantitative estimate of drug-likeness (QED) is 0.791. The topological polar surface area (TPSA) is 93.9 Å². The zero-order valence-corrected chi connectivity index (χ0v) is 16.4. The first-order valence-electron chi connectivity index (χ1n) is 9.20. The summed E-state index contributed by atoms with van der Waals surface area (Å²) in [4.78, 5) is 27.2. The fourth-order valence-electron chi connectivity index (χ4n) is 3.78. The number of nitrogens with zero attached hydrogens (tertiary/aromatic N) is 1. The predicted octanol–water partition coefficient (Wildman–Crippen LogP) is 1.90. The molecule has 1 aliphatic heterocycles. The number of morpholine rings is 1. The molecule has 1 saturated heterocycles. The van der Waals surface area contributed by atoms with Gasteiger partial charge < -0.3 is 25.4 Å². The summed E-state index contributed by atoms with van der Waals surface area (Å²) in [7, 11) is 1.55. The summed E-state index contributed by atoms with van der Waals surface area (Å²) in [5, 5.41) is 2.95. The molecule has 1 aromatic rings. The molecule has 0 aromatic heterocycles. The number of ether oxygens (including phenoxy) is 2. The highest BCUT2D eigenvalue weighted by Gasteiger charge is 2.32. The van der Waals surface area contributed by atoms with Gasteiger partial charge in [-0.05, 0) is 43.5 Å². The van der Waals surface area contributed by atoms with E-state index in [0.717, 1.165) is 19.3 Å². The molecule has 150 valence electrons. The number of benzene rings is 1. The molecule has 2 atom stereocenters. The van der Waals surface area contributed by atoms with Crippen molar-refractivity contribution in [3.05, 3.63) is 23.8 Å². The minimum absolute atomic E-state index is 0. The van der Waals surface area contributed by atoms with E-state index in [1.807, 2.05) is 0 Å². The molecule has 27 heavy (non-hydrogen) atoms. The van der Waals surface area contributed by atoms with Crippen molar-refractivity contribution in [3.8, 4) is 5.75 Å². The zero-order chi connectivity index (χ0) is 18.5. The van der Waals surface area contributed by atoms with Crippen molar-refractivity contribution in [3.63, 3.8) is 0 Å². The van der Waals surface area contributed by atoms with Crippen LogP contribution in [0.25, 0.3) is 0 Å². The monoisotopic (exact) mass is 397 g/mol. The van der Waals surface area contributed by atoms with E-state index in [2.05, 4.69) is 5.32 Å². The van der Waals surface area contributed by atoms with Crippen LogP contribution < -0.4 is 15.8 Å². The van der Waals surface area contributed by atoms with Crippen LogP contribution in [-0.4, -0.2) is 56.7 Å². The smallest absolute Gasteiger partial charge is 0.254 e. The Balaban J connectivity index is 0.00000261. The van der Waals surface area contributed by atoms with Crippen molar-refractivity contribution in [2.75, 3.05) is 45.3 Å². The minimum Gasteiger partial charge on any atom is -0.495 e. The molecular formula is C19H28ClN3O4. The van der Waals surface area contributed by atoms with Gasteiger partial charge in [0, 0.05) is 24.6 Å². The molecule has 3 N–H and O–H groups in total. The highest BCUT2D eigenvalue weighted by atomic mass is 35.5. The summed E-state index contributed by atoms with van der Waals surface area (Å²) in [6.07, 6.45) is 2.86. The lowest BCUT2D eigenvalue weighted by Crippen LogP contribution is -2.40. The summed E-state index contributed by atoms with van der Waals surface area (Å²) in [5.74, 6) is 0.570. The lowest BCUT2D eigenvalue weighted by molar-refractivity contribution is -0.120. The van der Waals surface area contributed by atoms with Gasteiger partial charge in [-0.15, -0.1) is 12.4 Å². The molecule has 8 heteroatoms. The van der Waals surface area contributed by atoms with E-state index >= 15 is 0 Å². The number of rotatable bonds is 5. The lowest BCUT2D eigenvalue weighted by atomic mass is 9.95. The number of carbonyl (C=O) groups excluding carboxylic acids is 2. The normalized spacial score (nSPS) is 22.1. The molecule has 3 rings (SSSR count). The van der Waals surface area contributed by atoms with Gasteiger partial charge in [-0.1, -0.05) is 6.42 Å². The van der Waals surface area contributed by atoms with E-state index in [4.69, 9.17) is 15.2 Å². The van der Waals surface area contributed by atoms with Crippen molar-refractivity contribution in [2.45, 2.75) is 19.3 Å². The second-order valence-electron chi connectivity index (χ2n) is 6.84. The molecule has 2 aliphatic rings. The van der Waals surface area contributed by atoms with Crippen LogP contribution in [-0.2, 0) is 9.53 Å². The molecule has 0 radical (unpaired) electrons. The summed E-state index contributed by atoms with van der Waals surface area (Å²) < 4.78 is 10.7. The SMILES string of the molecule is COc1ccc(C(=O)N2CCOCC2)cc1NC(=O)[C@@H]1CCC[C@@H]1CN.Cl. The van der Waals surface area contributed by atoms with E-state index in [1.165, 1.54) is 0 Å². The Bertz CT molecular complexity index is 664. The van der Waals surface area contributed by atoms with Gasteiger partial charge in [0.1, 0.15) is 5.75 Å².